The van der Waals surface area contributed by atoms with Crippen LogP contribution in [0.15, 0.2) is 27.8 Å². The monoisotopic (exact) mass is 358 g/mol. The van der Waals surface area contributed by atoms with E-state index in [1.807, 2.05) is 18.2 Å². The Morgan fingerprint density at radius 2 is 2.16 bits per heavy atom. The van der Waals surface area contributed by atoms with Crippen molar-refractivity contribution in [3.05, 3.63) is 29.5 Å². The second kappa shape index (κ2) is 7.74. The Bertz CT molecular complexity index is 884. The van der Waals surface area contributed by atoms with Gasteiger partial charge in [-0.1, -0.05) is 25.1 Å². The Labute approximate surface area is 150 Å². The normalized spacial score (nSPS) is 11.2. The Kier molecular flexibility index (Phi) is 5.43. The van der Waals surface area contributed by atoms with Crippen LogP contribution in [0.3, 0.4) is 0 Å². The molecule has 0 aliphatic heterocycles. The lowest BCUT2D eigenvalue weighted by Crippen LogP contribution is -2.25. The van der Waals surface area contributed by atoms with Crippen molar-refractivity contribution in [3.63, 3.8) is 0 Å². The van der Waals surface area contributed by atoms with Gasteiger partial charge in [-0.05, 0) is 44.0 Å². The number of unbranched alkanes of at least 4 members (excludes halogenated alkanes) is 1. The first-order valence-corrected chi connectivity index (χ1v) is 9.39. The molecular formula is C18H22N4O2S. The Balaban J connectivity index is 1.67. The molecule has 132 valence electrons. The van der Waals surface area contributed by atoms with Crippen molar-refractivity contribution in [2.45, 2.75) is 38.8 Å². The van der Waals surface area contributed by atoms with Crippen molar-refractivity contribution in [2.24, 2.45) is 0 Å². The first kappa shape index (κ1) is 17.5. The molecule has 0 radical (unpaired) electrons. The summed E-state index contributed by atoms with van der Waals surface area (Å²) in [4.78, 5) is 15.1. The second-order valence-corrected chi connectivity index (χ2v) is 6.93. The summed E-state index contributed by atoms with van der Waals surface area (Å²) in [6.45, 7) is 6.95. The summed E-state index contributed by atoms with van der Waals surface area (Å²) in [5.41, 5.74) is 4.34. The predicted molar refractivity (Wildman–Crippen MR) is 99.7 cm³/mol. The van der Waals surface area contributed by atoms with Gasteiger partial charge < -0.3 is 14.7 Å². The quantitative estimate of drug-likeness (QED) is 0.495. The highest BCUT2D eigenvalue weighted by molar-refractivity contribution is 7.99. The summed E-state index contributed by atoms with van der Waals surface area (Å²) in [6.07, 6.45) is 2.05. The molecule has 3 aromatic rings. The second-order valence-electron chi connectivity index (χ2n) is 6.00. The highest BCUT2D eigenvalue weighted by atomic mass is 32.2. The van der Waals surface area contributed by atoms with Gasteiger partial charge in [-0.2, -0.15) is 0 Å². The lowest BCUT2D eigenvalue weighted by molar-refractivity contribution is -0.118. The standard InChI is InChI=1S/C18H22N4O2S/c1-4-5-8-19-16(23)10-25-18-22-21-17(24-18)13-6-7-15-14(9-13)11(2)12(3)20-15/h6-7,9,20H,4-5,8,10H2,1-3H3,(H,19,23). The number of carbonyl (C=O) groups excluding carboxylic acids is 1. The molecule has 0 fully saturated rings. The minimum absolute atomic E-state index is 0.0157. The number of carbonyl (C=O) groups is 1. The average Bonchev–Trinajstić information content (AvgIpc) is 3.19. The summed E-state index contributed by atoms with van der Waals surface area (Å²) < 4.78 is 5.69. The van der Waals surface area contributed by atoms with Gasteiger partial charge in [0.25, 0.3) is 5.22 Å². The fraction of sp³-hybridized carbons (Fsp3) is 0.389. The zero-order chi connectivity index (χ0) is 17.8. The van der Waals surface area contributed by atoms with E-state index >= 15 is 0 Å². The molecule has 3 rings (SSSR count). The predicted octanol–water partition coefficient (Wildman–Crippen LogP) is 3.84. The van der Waals surface area contributed by atoms with E-state index in [0.29, 0.717) is 17.7 Å². The lowest BCUT2D eigenvalue weighted by atomic mass is 10.1. The first-order valence-electron chi connectivity index (χ1n) is 8.40. The fourth-order valence-corrected chi connectivity index (χ4v) is 3.16. The smallest absolute Gasteiger partial charge is 0.277 e. The molecule has 1 amide bonds. The molecular weight excluding hydrogens is 336 g/mol. The number of aromatic amines is 1. The third-order valence-corrected chi connectivity index (χ3v) is 4.96. The molecule has 1 aromatic carbocycles. The Morgan fingerprint density at radius 1 is 1.32 bits per heavy atom. The summed E-state index contributed by atoms with van der Waals surface area (Å²) in [5, 5.41) is 12.6. The van der Waals surface area contributed by atoms with E-state index in [2.05, 4.69) is 41.3 Å². The van der Waals surface area contributed by atoms with Crippen LogP contribution in [0.2, 0.25) is 0 Å². The molecule has 0 aliphatic carbocycles. The maximum atomic E-state index is 11.7. The fourth-order valence-electron chi connectivity index (χ4n) is 2.56. The minimum atomic E-state index is -0.0157. The van der Waals surface area contributed by atoms with Gasteiger partial charge in [0, 0.05) is 28.7 Å². The molecule has 0 saturated heterocycles. The molecule has 6 nitrogen and oxygen atoms in total. The summed E-state index contributed by atoms with van der Waals surface area (Å²) in [6, 6.07) is 6.02. The number of amides is 1. The summed E-state index contributed by atoms with van der Waals surface area (Å²) in [7, 11) is 0. The van der Waals surface area contributed by atoms with Gasteiger partial charge in [0.1, 0.15) is 0 Å². The number of nitrogens with one attached hydrogen (secondary N) is 2. The highest BCUT2D eigenvalue weighted by Crippen LogP contribution is 2.28. The van der Waals surface area contributed by atoms with E-state index in [1.165, 1.54) is 17.3 Å². The van der Waals surface area contributed by atoms with Gasteiger partial charge in [-0.3, -0.25) is 4.79 Å². The molecule has 0 spiro atoms. The number of aromatic nitrogens is 3. The third kappa shape index (κ3) is 4.04. The van der Waals surface area contributed by atoms with Gasteiger partial charge in [-0.15, -0.1) is 10.2 Å². The molecule has 0 saturated carbocycles. The number of thioether (sulfide) groups is 1. The first-order chi connectivity index (χ1) is 12.1. The van der Waals surface area contributed by atoms with Crippen molar-refractivity contribution < 1.29 is 9.21 Å². The number of hydrogen-bond acceptors (Lipinski definition) is 5. The highest BCUT2D eigenvalue weighted by Gasteiger charge is 2.13. The van der Waals surface area contributed by atoms with E-state index in [1.54, 1.807) is 0 Å². The van der Waals surface area contributed by atoms with Gasteiger partial charge in [-0.25, -0.2) is 0 Å². The topological polar surface area (TPSA) is 83.8 Å². The third-order valence-electron chi connectivity index (χ3n) is 4.14. The van der Waals surface area contributed by atoms with Crippen LogP contribution in [-0.4, -0.2) is 33.4 Å². The molecule has 0 unspecified atom stereocenters. The number of benzene rings is 1. The SMILES string of the molecule is CCCCNC(=O)CSc1nnc(-c2ccc3[nH]c(C)c(C)c3c2)o1. The summed E-state index contributed by atoms with van der Waals surface area (Å²) in [5.74, 6) is 0.729. The summed E-state index contributed by atoms with van der Waals surface area (Å²) >= 11 is 1.25. The van der Waals surface area contributed by atoms with Crippen LogP contribution in [0.25, 0.3) is 22.4 Å². The van der Waals surface area contributed by atoms with Gasteiger partial charge >= 0.3 is 0 Å². The van der Waals surface area contributed by atoms with E-state index < -0.39 is 0 Å². The lowest BCUT2D eigenvalue weighted by Gasteiger charge is -2.01. The van der Waals surface area contributed by atoms with E-state index in [-0.39, 0.29) is 11.7 Å². The molecule has 25 heavy (non-hydrogen) atoms. The van der Waals surface area contributed by atoms with Crippen LogP contribution in [0.4, 0.5) is 0 Å². The van der Waals surface area contributed by atoms with Crippen LogP contribution in [-0.2, 0) is 4.79 Å². The molecule has 0 atom stereocenters. The zero-order valence-electron chi connectivity index (χ0n) is 14.7. The van der Waals surface area contributed by atoms with Crippen molar-refractivity contribution in [1.29, 1.82) is 0 Å². The Hall–Kier alpha value is -2.28. The maximum absolute atomic E-state index is 11.7. The van der Waals surface area contributed by atoms with Crippen LogP contribution in [0, 0.1) is 13.8 Å². The van der Waals surface area contributed by atoms with E-state index in [4.69, 9.17) is 4.42 Å². The molecule has 2 heterocycles. The van der Waals surface area contributed by atoms with Crippen molar-refractivity contribution >= 4 is 28.6 Å². The largest absolute Gasteiger partial charge is 0.411 e. The number of hydrogen-bond donors (Lipinski definition) is 2. The number of aryl methyl sites for hydroxylation is 2. The molecule has 2 N–H and O–H groups in total. The number of fused-ring (bicyclic) bond motifs is 1. The van der Waals surface area contributed by atoms with Crippen LogP contribution in [0.1, 0.15) is 31.0 Å². The molecule has 0 bridgehead atoms. The van der Waals surface area contributed by atoms with E-state index in [0.717, 1.165) is 35.0 Å². The van der Waals surface area contributed by atoms with Gasteiger partial charge in [0.05, 0.1) is 5.75 Å². The van der Waals surface area contributed by atoms with Gasteiger partial charge in [0.2, 0.25) is 11.8 Å². The molecule has 7 heteroatoms. The number of H-pyrrole nitrogens is 1. The maximum Gasteiger partial charge on any atom is 0.277 e. The average molecular weight is 358 g/mol. The number of nitrogens with zero attached hydrogens (tertiary/aromatic N) is 2. The number of rotatable bonds is 7. The van der Waals surface area contributed by atoms with E-state index in [9.17, 15) is 4.79 Å². The molecule has 0 aliphatic rings. The molecule has 2 aromatic heterocycles. The minimum Gasteiger partial charge on any atom is -0.411 e. The Morgan fingerprint density at radius 3 is 2.96 bits per heavy atom. The van der Waals surface area contributed by atoms with Crippen molar-refractivity contribution in [3.8, 4) is 11.5 Å². The zero-order valence-corrected chi connectivity index (χ0v) is 15.5. The van der Waals surface area contributed by atoms with Crippen LogP contribution >= 0.6 is 11.8 Å². The van der Waals surface area contributed by atoms with Crippen LogP contribution in [0.5, 0.6) is 0 Å². The van der Waals surface area contributed by atoms with Gasteiger partial charge in [0.15, 0.2) is 0 Å². The van der Waals surface area contributed by atoms with Crippen molar-refractivity contribution in [1.82, 2.24) is 20.5 Å². The van der Waals surface area contributed by atoms with Crippen molar-refractivity contribution in [2.75, 3.05) is 12.3 Å². The van der Waals surface area contributed by atoms with Crippen LogP contribution < -0.4 is 5.32 Å².